The van der Waals surface area contributed by atoms with Gasteiger partial charge in [-0.15, -0.1) is 0 Å². The molecule has 8 heteroatoms. The van der Waals surface area contributed by atoms with Crippen LogP contribution >= 0.6 is 11.8 Å². The Morgan fingerprint density at radius 2 is 1.87 bits per heavy atom. The van der Waals surface area contributed by atoms with Gasteiger partial charge in [-0.05, 0) is 45.4 Å². The fraction of sp³-hybridized carbons (Fsp3) is 0.500. The van der Waals surface area contributed by atoms with Crippen molar-refractivity contribution in [1.29, 1.82) is 0 Å². The average Bonchev–Trinajstić information content (AvgIpc) is 3.35. The van der Waals surface area contributed by atoms with Crippen LogP contribution in [0.3, 0.4) is 0 Å². The quantitative estimate of drug-likeness (QED) is 0.794. The maximum Gasteiger partial charge on any atom is 0.239 e. The molecule has 2 aliphatic heterocycles. The van der Waals surface area contributed by atoms with Crippen molar-refractivity contribution in [2.24, 2.45) is 0 Å². The molecule has 2 fully saturated rings. The van der Waals surface area contributed by atoms with E-state index in [1.165, 1.54) is 5.56 Å². The van der Waals surface area contributed by atoms with E-state index in [1.807, 2.05) is 65.7 Å². The van der Waals surface area contributed by atoms with Gasteiger partial charge in [0.2, 0.25) is 11.8 Å². The molecule has 160 valence electrons. The maximum absolute atomic E-state index is 12.9. The molecule has 2 aliphatic rings. The summed E-state index contributed by atoms with van der Waals surface area (Å²) >= 11 is 1.89. The monoisotopic (exact) mass is 427 g/mol. The van der Waals surface area contributed by atoms with Gasteiger partial charge in [-0.2, -0.15) is 16.9 Å². The van der Waals surface area contributed by atoms with E-state index in [-0.39, 0.29) is 24.4 Å². The number of carbonyl (C=O) groups is 2. The van der Waals surface area contributed by atoms with Gasteiger partial charge >= 0.3 is 0 Å². The lowest BCUT2D eigenvalue weighted by atomic mass is 10.2. The number of nitrogens with zero attached hydrogens (tertiary/aromatic N) is 4. The summed E-state index contributed by atoms with van der Waals surface area (Å²) in [5.74, 6) is 2.72. The van der Waals surface area contributed by atoms with Crippen molar-refractivity contribution in [3.8, 4) is 5.69 Å². The van der Waals surface area contributed by atoms with Crippen molar-refractivity contribution in [2.45, 2.75) is 32.7 Å². The molecular weight excluding hydrogens is 398 g/mol. The van der Waals surface area contributed by atoms with Crippen LogP contribution in [0.25, 0.3) is 5.69 Å². The third-order valence-electron chi connectivity index (χ3n) is 5.70. The third-order valence-corrected chi connectivity index (χ3v) is 6.64. The predicted octanol–water partition coefficient (Wildman–Crippen LogP) is 2.47. The van der Waals surface area contributed by atoms with Gasteiger partial charge in [-0.25, -0.2) is 4.68 Å². The Bertz CT molecular complexity index is 905. The number of nitrogens with one attached hydrogen (secondary N) is 1. The minimum atomic E-state index is -0.178. The Labute approximate surface area is 181 Å². The van der Waals surface area contributed by atoms with Crippen LogP contribution in [-0.2, 0) is 9.59 Å². The van der Waals surface area contributed by atoms with E-state index in [4.69, 9.17) is 0 Å². The van der Waals surface area contributed by atoms with E-state index < -0.39 is 0 Å². The van der Waals surface area contributed by atoms with Gasteiger partial charge in [-0.1, -0.05) is 17.7 Å². The second kappa shape index (κ2) is 9.22. The Hall–Kier alpha value is -2.32. The lowest BCUT2D eigenvalue weighted by Crippen LogP contribution is -2.50. The smallest absolute Gasteiger partial charge is 0.239 e. The van der Waals surface area contributed by atoms with Gasteiger partial charge in [0.15, 0.2) is 0 Å². The van der Waals surface area contributed by atoms with E-state index in [1.54, 1.807) is 4.68 Å². The van der Waals surface area contributed by atoms with Crippen LogP contribution < -0.4 is 5.32 Å². The molecule has 1 aromatic heterocycles. The second-order valence-electron chi connectivity index (χ2n) is 8.03. The first-order valence-corrected chi connectivity index (χ1v) is 11.7. The Balaban J connectivity index is 1.42. The number of hydrogen-bond donors (Lipinski definition) is 1. The molecule has 0 bridgehead atoms. The first-order valence-electron chi connectivity index (χ1n) is 10.6. The highest BCUT2D eigenvalue weighted by atomic mass is 32.2. The highest BCUT2D eigenvalue weighted by Crippen LogP contribution is 2.22. The molecule has 1 unspecified atom stereocenters. The van der Waals surface area contributed by atoms with Crippen LogP contribution in [-0.4, -0.2) is 75.1 Å². The zero-order chi connectivity index (χ0) is 21.1. The van der Waals surface area contributed by atoms with E-state index >= 15 is 0 Å². The molecule has 1 N–H and O–H groups in total. The molecule has 1 atom stereocenters. The van der Waals surface area contributed by atoms with E-state index in [9.17, 15) is 9.59 Å². The minimum Gasteiger partial charge on any atom is -0.340 e. The van der Waals surface area contributed by atoms with Gasteiger partial charge in [0.05, 0.1) is 24.0 Å². The number of aryl methyl sites for hydroxylation is 2. The predicted molar refractivity (Wildman–Crippen MR) is 120 cm³/mol. The van der Waals surface area contributed by atoms with Crippen LogP contribution in [0.5, 0.6) is 0 Å². The highest BCUT2D eigenvalue weighted by Gasteiger charge is 2.35. The summed E-state index contributed by atoms with van der Waals surface area (Å²) in [4.78, 5) is 29.8. The summed E-state index contributed by atoms with van der Waals surface area (Å²) in [5.41, 5.74) is 2.91. The molecule has 0 aliphatic carbocycles. The second-order valence-corrected chi connectivity index (χ2v) is 9.26. The molecule has 0 spiro atoms. The van der Waals surface area contributed by atoms with Crippen molar-refractivity contribution in [3.63, 3.8) is 0 Å². The molecule has 0 radical (unpaired) electrons. The molecule has 2 saturated heterocycles. The van der Waals surface area contributed by atoms with Crippen molar-refractivity contribution in [1.82, 2.24) is 19.6 Å². The molecule has 4 rings (SSSR count). The van der Waals surface area contributed by atoms with Crippen molar-refractivity contribution in [3.05, 3.63) is 41.6 Å². The average molecular weight is 428 g/mol. The topological polar surface area (TPSA) is 70.5 Å². The summed E-state index contributed by atoms with van der Waals surface area (Å²) in [6, 6.07) is 9.72. The van der Waals surface area contributed by atoms with Crippen LogP contribution in [0.1, 0.15) is 24.1 Å². The van der Waals surface area contributed by atoms with Crippen molar-refractivity contribution >= 4 is 29.4 Å². The number of rotatable bonds is 5. The van der Waals surface area contributed by atoms with Gasteiger partial charge < -0.3 is 10.2 Å². The first kappa shape index (κ1) is 20.9. The minimum absolute atomic E-state index is 0.114. The Morgan fingerprint density at radius 1 is 1.13 bits per heavy atom. The number of aromatic nitrogens is 2. The number of amides is 2. The molecule has 0 saturated carbocycles. The van der Waals surface area contributed by atoms with Crippen LogP contribution in [0.4, 0.5) is 5.82 Å². The third kappa shape index (κ3) is 4.70. The first-order chi connectivity index (χ1) is 14.5. The van der Waals surface area contributed by atoms with Crippen molar-refractivity contribution < 1.29 is 9.59 Å². The summed E-state index contributed by atoms with van der Waals surface area (Å²) in [6.45, 7) is 6.58. The number of hydrogen-bond acceptors (Lipinski definition) is 5. The molecule has 1 aromatic carbocycles. The molecule has 7 nitrogen and oxygen atoms in total. The van der Waals surface area contributed by atoms with Gasteiger partial charge in [0.25, 0.3) is 0 Å². The van der Waals surface area contributed by atoms with E-state index in [2.05, 4.69) is 10.4 Å². The summed E-state index contributed by atoms with van der Waals surface area (Å²) < 4.78 is 1.75. The SMILES string of the molecule is Cc1ccc(-n2nc(C)cc2NC(=O)CN2CCCC2C(=O)N2CCSCC2)cc1. The van der Waals surface area contributed by atoms with Crippen LogP contribution in [0, 0.1) is 13.8 Å². The molecule has 2 amide bonds. The van der Waals surface area contributed by atoms with Crippen LogP contribution in [0.15, 0.2) is 30.3 Å². The lowest BCUT2D eigenvalue weighted by molar-refractivity contribution is -0.136. The number of benzene rings is 1. The van der Waals surface area contributed by atoms with E-state index in [0.29, 0.717) is 5.82 Å². The number of likely N-dealkylation sites (tertiary alicyclic amines) is 1. The fourth-order valence-corrected chi connectivity index (χ4v) is 5.03. The Kier molecular flexibility index (Phi) is 6.43. The summed E-state index contributed by atoms with van der Waals surface area (Å²) in [6.07, 6.45) is 1.78. The molecule has 3 heterocycles. The number of carbonyl (C=O) groups excluding carboxylic acids is 2. The molecule has 30 heavy (non-hydrogen) atoms. The fourth-order valence-electron chi connectivity index (χ4n) is 4.13. The number of thioether (sulfide) groups is 1. The number of anilines is 1. The standard InChI is InChI=1S/C22H29N5O2S/c1-16-5-7-18(8-6-16)27-20(14-17(2)24-27)23-21(28)15-26-9-3-4-19(26)22(29)25-10-12-30-13-11-25/h5-8,14,19H,3-4,9-13,15H2,1-2H3,(H,23,28). The van der Waals surface area contributed by atoms with Crippen molar-refractivity contribution in [2.75, 3.05) is 43.0 Å². The van der Waals surface area contributed by atoms with Gasteiger partial charge in [0.1, 0.15) is 5.82 Å². The van der Waals surface area contributed by atoms with Gasteiger partial charge in [0, 0.05) is 30.7 Å². The maximum atomic E-state index is 12.9. The largest absolute Gasteiger partial charge is 0.340 e. The van der Waals surface area contributed by atoms with E-state index in [0.717, 1.165) is 55.4 Å². The summed E-state index contributed by atoms with van der Waals surface area (Å²) in [7, 11) is 0. The normalized spacial score (nSPS) is 19.8. The zero-order valence-corrected chi connectivity index (χ0v) is 18.5. The summed E-state index contributed by atoms with van der Waals surface area (Å²) in [5, 5.41) is 7.53. The van der Waals surface area contributed by atoms with Crippen LogP contribution in [0.2, 0.25) is 0 Å². The molecular formula is C22H29N5O2S. The van der Waals surface area contributed by atoms with Gasteiger partial charge in [-0.3, -0.25) is 14.5 Å². The molecule has 2 aromatic rings. The Morgan fingerprint density at radius 3 is 2.60 bits per heavy atom. The zero-order valence-electron chi connectivity index (χ0n) is 17.6. The lowest BCUT2D eigenvalue weighted by Gasteiger charge is -2.32. The highest BCUT2D eigenvalue weighted by molar-refractivity contribution is 7.99.